The number of fused-ring (bicyclic) bond motifs is 1. The molecule has 2 aromatic carbocycles. The second-order valence-corrected chi connectivity index (χ2v) is 4.04. The lowest BCUT2D eigenvalue weighted by Gasteiger charge is -1.97. The molecule has 0 N–H and O–H groups in total. The van der Waals surface area contributed by atoms with Gasteiger partial charge in [0.05, 0.1) is 0 Å². The van der Waals surface area contributed by atoms with E-state index in [0.717, 1.165) is 16.8 Å². The van der Waals surface area contributed by atoms with Crippen LogP contribution in [0, 0.1) is 5.21 Å². The number of imidazole rings is 1. The summed E-state index contributed by atoms with van der Waals surface area (Å²) in [5, 5.41) is 11.7. The highest BCUT2D eigenvalue weighted by Gasteiger charge is 2.10. The number of benzene rings is 2. The van der Waals surface area contributed by atoms with Gasteiger partial charge in [0.2, 0.25) is 6.33 Å². The average Bonchev–Trinajstić information content (AvgIpc) is 2.69. The highest BCUT2D eigenvalue weighted by molar-refractivity contribution is 5.71. The molecular formula is C14H12N2O. The van der Waals surface area contributed by atoms with Crippen molar-refractivity contribution in [2.24, 2.45) is 0 Å². The van der Waals surface area contributed by atoms with E-state index in [1.807, 2.05) is 47.0 Å². The summed E-state index contributed by atoms with van der Waals surface area (Å²) in [5.74, 6) is 0. The summed E-state index contributed by atoms with van der Waals surface area (Å²) in [7, 11) is 0. The number of para-hydroxylation sites is 2. The standard InChI is InChI=1S/C14H12N2O/c17-16-11-15(10-12-6-2-1-3-7-12)13-8-4-5-9-14(13)16/h1-9,11H,10H2. The fourth-order valence-electron chi connectivity index (χ4n) is 2.05. The third-order valence-corrected chi connectivity index (χ3v) is 2.87. The molecule has 1 heterocycles. The third kappa shape index (κ3) is 1.76. The Bertz CT molecular complexity index is 644. The SMILES string of the molecule is [O-][n+]1cn(Cc2ccccc2)c2ccccc21. The van der Waals surface area contributed by atoms with Gasteiger partial charge in [0, 0.05) is 0 Å². The van der Waals surface area contributed by atoms with Gasteiger partial charge in [-0.3, -0.25) is 0 Å². The van der Waals surface area contributed by atoms with Crippen molar-refractivity contribution in [3.8, 4) is 0 Å². The van der Waals surface area contributed by atoms with Crippen LogP contribution in [0.25, 0.3) is 11.0 Å². The van der Waals surface area contributed by atoms with E-state index < -0.39 is 0 Å². The summed E-state index contributed by atoms with van der Waals surface area (Å²) in [6, 6.07) is 17.8. The maximum absolute atomic E-state index is 11.7. The molecule has 84 valence electrons. The van der Waals surface area contributed by atoms with E-state index in [1.54, 1.807) is 6.33 Å². The van der Waals surface area contributed by atoms with Crippen LogP contribution < -0.4 is 4.73 Å². The molecule has 0 unspecified atom stereocenters. The summed E-state index contributed by atoms with van der Waals surface area (Å²) in [4.78, 5) is 0. The first kappa shape index (κ1) is 9.90. The highest BCUT2D eigenvalue weighted by Crippen LogP contribution is 2.12. The summed E-state index contributed by atoms with van der Waals surface area (Å²) in [6.45, 7) is 0.719. The molecule has 0 aliphatic carbocycles. The maximum Gasteiger partial charge on any atom is 0.248 e. The van der Waals surface area contributed by atoms with Gasteiger partial charge < -0.3 is 5.21 Å². The van der Waals surface area contributed by atoms with E-state index in [9.17, 15) is 5.21 Å². The number of hydrogen-bond donors (Lipinski definition) is 0. The Morgan fingerprint density at radius 1 is 0.941 bits per heavy atom. The molecule has 0 saturated heterocycles. The highest BCUT2D eigenvalue weighted by atomic mass is 16.5. The van der Waals surface area contributed by atoms with Crippen molar-refractivity contribution in [1.82, 2.24) is 4.57 Å². The van der Waals surface area contributed by atoms with Crippen LogP contribution in [0.1, 0.15) is 5.56 Å². The number of hydrogen-bond acceptors (Lipinski definition) is 1. The van der Waals surface area contributed by atoms with Crippen LogP contribution in [0.3, 0.4) is 0 Å². The molecule has 17 heavy (non-hydrogen) atoms. The van der Waals surface area contributed by atoms with Crippen LogP contribution in [0.2, 0.25) is 0 Å². The zero-order chi connectivity index (χ0) is 11.7. The molecule has 0 bridgehead atoms. The second-order valence-electron chi connectivity index (χ2n) is 4.04. The molecule has 0 fully saturated rings. The van der Waals surface area contributed by atoms with Gasteiger partial charge in [-0.25, -0.2) is 9.30 Å². The molecule has 0 spiro atoms. The van der Waals surface area contributed by atoms with Crippen LogP contribution in [-0.4, -0.2) is 4.57 Å². The largest absolute Gasteiger partial charge is 0.710 e. The first-order chi connectivity index (χ1) is 8.34. The van der Waals surface area contributed by atoms with Gasteiger partial charge in [-0.05, 0) is 17.7 Å². The molecule has 3 aromatic rings. The van der Waals surface area contributed by atoms with Gasteiger partial charge in [-0.2, -0.15) is 0 Å². The van der Waals surface area contributed by atoms with E-state index in [-0.39, 0.29) is 0 Å². The van der Waals surface area contributed by atoms with Gasteiger partial charge in [0.1, 0.15) is 6.54 Å². The normalized spacial score (nSPS) is 10.8. The second kappa shape index (κ2) is 3.94. The summed E-state index contributed by atoms with van der Waals surface area (Å²) in [5.41, 5.74) is 2.86. The minimum absolute atomic E-state index is 0.712. The topological polar surface area (TPSA) is 31.9 Å². The number of nitrogens with zero attached hydrogens (tertiary/aromatic N) is 2. The Hall–Kier alpha value is -2.29. The van der Waals surface area contributed by atoms with Crippen LogP contribution in [0.5, 0.6) is 0 Å². The van der Waals surface area contributed by atoms with Gasteiger partial charge >= 0.3 is 0 Å². The first-order valence-electron chi connectivity index (χ1n) is 5.55. The Balaban J connectivity index is 2.07. The average molecular weight is 224 g/mol. The Kier molecular flexibility index (Phi) is 2.29. The smallest absolute Gasteiger partial charge is 0.248 e. The molecule has 0 atom stereocenters. The zero-order valence-electron chi connectivity index (χ0n) is 9.28. The summed E-state index contributed by atoms with van der Waals surface area (Å²) in [6.07, 6.45) is 1.59. The Morgan fingerprint density at radius 3 is 2.47 bits per heavy atom. The number of rotatable bonds is 2. The minimum atomic E-state index is 0.712. The molecule has 0 aliphatic rings. The van der Waals surface area contributed by atoms with E-state index in [4.69, 9.17) is 0 Å². The molecule has 3 nitrogen and oxygen atoms in total. The van der Waals surface area contributed by atoms with Crippen LogP contribution >= 0.6 is 0 Å². The van der Waals surface area contributed by atoms with Crippen molar-refractivity contribution in [3.05, 3.63) is 71.7 Å². The van der Waals surface area contributed by atoms with Crippen molar-refractivity contribution in [1.29, 1.82) is 0 Å². The Labute approximate surface area is 99.1 Å². The van der Waals surface area contributed by atoms with Crippen LogP contribution in [-0.2, 0) is 6.54 Å². The van der Waals surface area contributed by atoms with Gasteiger partial charge in [-0.1, -0.05) is 42.5 Å². The van der Waals surface area contributed by atoms with Crippen molar-refractivity contribution in [2.45, 2.75) is 6.54 Å². The molecule has 3 heteroatoms. The molecule has 0 radical (unpaired) electrons. The van der Waals surface area contributed by atoms with Crippen molar-refractivity contribution < 1.29 is 4.73 Å². The lowest BCUT2D eigenvalue weighted by atomic mass is 10.2. The van der Waals surface area contributed by atoms with E-state index >= 15 is 0 Å². The molecule has 0 amide bonds. The predicted octanol–water partition coefficient (Wildman–Crippen LogP) is 2.32. The van der Waals surface area contributed by atoms with Gasteiger partial charge in [-0.15, -0.1) is 0 Å². The van der Waals surface area contributed by atoms with Crippen LogP contribution in [0.4, 0.5) is 0 Å². The maximum atomic E-state index is 11.7. The zero-order valence-corrected chi connectivity index (χ0v) is 9.28. The molecule has 0 saturated carbocycles. The number of aromatic nitrogens is 2. The molecule has 3 rings (SSSR count). The molecule has 1 aromatic heterocycles. The van der Waals surface area contributed by atoms with Gasteiger partial charge in [0.25, 0.3) is 0 Å². The lowest BCUT2D eigenvalue weighted by Crippen LogP contribution is -2.23. The van der Waals surface area contributed by atoms with Crippen molar-refractivity contribution in [2.75, 3.05) is 0 Å². The fraction of sp³-hybridized carbons (Fsp3) is 0.0714. The van der Waals surface area contributed by atoms with Crippen LogP contribution in [0.15, 0.2) is 60.9 Å². The molecular weight excluding hydrogens is 212 g/mol. The van der Waals surface area contributed by atoms with E-state index in [2.05, 4.69) is 12.1 Å². The van der Waals surface area contributed by atoms with E-state index in [1.165, 1.54) is 5.56 Å². The third-order valence-electron chi connectivity index (χ3n) is 2.87. The first-order valence-corrected chi connectivity index (χ1v) is 5.55. The summed E-state index contributed by atoms with van der Waals surface area (Å²) >= 11 is 0. The predicted molar refractivity (Wildman–Crippen MR) is 66.4 cm³/mol. The summed E-state index contributed by atoms with van der Waals surface area (Å²) < 4.78 is 2.88. The fourth-order valence-corrected chi connectivity index (χ4v) is 2.05. The monoisotopic (exact) mass is 224 g/mol. The quantitative estimate of drug-likeness (QED) is 0.485. The van der Waals surface area contributed by atoms with E-state index in [0.29, 0.717) is 5.52 Å². The Morgan fingerprint density at radius 2 is 1.65 bits per heavy atom. The lowest BCUT2D eigenvalue weighted by molar-refractivity contribution is -0.578. The minimum Gasteiger partial charge on any atom is -0.710 e. The molecule has 0 aliphatic heterocycles. The van der Waals surface area contributed by atoms with Crippen molar-refractivity contribution in [3.63, 3.8) is 0 Å². The van der Waals surface area contributed by atoms with Crippen molar-refractivity contribution >= 4 is 11.0 Å². The van der Waals surface area contributed by atoms with Gasteiger partial charge in [0.15, 0.2) is 11.0 Å².